The second kappa shape index (κ2) is 55.5. The second-order valence-corrected chi connectivity index (χ2v) is 24.7. The Morgan fingerprint density at radius 1 is 0.467 bits per heavy atom. The summed E-state index contributed by atoms with van der Waals surface area (Å²) in [5.74, 6) is -0.491. The molecule has 442 valence electrons. The van der Waals surface area contributed by atoms with E-state index in [0.29, 0.717) is 23.9 Å². The van der Waals surface area contributed by atoms with E-state index < -0.39 is 20.0 Å². The van der Waals surface area contributed by atoms with Gasteiger partial charge in [0.15, 0.2) is 0 Å². The lowest BCUT2D eigenvalue weighted by atomic mass is 10.0. The zero-order valence-corrected chi connectivity index (χ0v) is 51.5. The van der Waals surface area contributed by atoms with Gasteiger partial charge in [-0.25, -0.2) is 4.57 Å². The van der Waals surface area contributed by atoms with Crippen molar-refractivity contribution in [3.05, 3.63) is 36.5 Å². The summed E-state index contributed by atoms with van der Waals surface area (Å²) >= 11 is 0. The Hall–Kier alpha value is -1.77. The molecule has 0 saturated heterocycles. The van der Waals surface area contributed by atoms with Crippen molar-refractivity contribution in [3.63, 3.8) is 0 Å². The monoisotopic (exact) mass is 1080 g/mol. The fourth-order valence-corrected chi connectivity index (χ4v) is 10.3. The van der Waals surface area contributed by atoms with Crippen LogP contribution in [0.25, 0.3) is 0 Å². The number of esters is 1. The molecule has 1 amide bonds. The third kappa shape index (κ3) is 56.8. The number of hydrogen-bond donors (Lipinski definition) is 2. The van der Waals surface area contributed by atoms with E-state index in [4.69, 9.17) is 13.8 Å². The van der Waals surface area contributed by atoms with Gasteiger partial charge in [-0.1, -0.05) is 276 Å². The lowest BCUT2D eigenvalue weighted by molar-refractivity contribution is -0.870. The summed E-state index contributed by atoms with van der Waals surface area (Å²) in [6.07, 6.45) is 67.2. The Labute approximate surface area is 466 Å². The number of carbonyl (C=O) groups is 2. The number of unbranched alkanes of at least 4 members (excludes halogenated alkanes) is 39. The molecule has 0 aromatic heterocycles. The first kappa shape index (κ1) is 73.2. The highest BCUT2D eigenvalue weighted by molar-refractivity contribution is 7.47. The van der Waals surface area contributed by atoms with Crippen LogP contribution in [-0.4, -0.2) is 74.3 Å². The van der Waals surface area contributed by atoms with Crippen LogP contribution in [0.4, 0.5) is 0 Å². The van der Waals surface area contributed by atoms with Crippen LogP contribution in [0.2, 0.25) is 0 Å². The molecule has 3 atom stereocenters. The van der Waals surface area contributed by atoms with Crippen LogP contribution in [0.15, 0.2) is 36.5 Å². The van der Waals surface area contributed by atoms with Gasteiger partial charge >= 0.3 is 13.8 Å². The number of hydrogen-bond acceptors (Lipinski definition) is 6. The molecule has 0 spiro atoms. The van der Waals surface area contributed by atoms with Crippen molar-refractivity contribution >= 4 is 19.7 Å². The summed E-state index contributed by atoms with van der Waals surface area (Å²) < 4.78 is 30.7. The van der Waals surface area contributed by atoms with E-state index >= 15 is 0 Å². The van der Waals surface area contributed by atoms with Gasteiger partial charge in [0.25, 0.3) is 0 Å². The summed E-state index contributed by atoms with van der Waals surface area (Å²) in [5.41, 5.74) is 0. The smallest absolute Gasteiger partial charge is 0.456 e. The molecule has 2 N–H and O–H groups in total. The van der Waals surface area contributed by atoms with E-state index in [-0.39, 0.29) is 25.1 Å². The number of rotatable bonds is 59. The number of quaternary nitrogens is 1. The van der Waals surface area contributed by atoms with E-state index in [1.807, 2.05) is 33.3 Å². The molecule has 10 heteroatoms. The first-order valence-electron chi connectivity index (χ1n) is 32.3. The Balaban J connectivity index is 5.04. The average molecular weight is 1080 g/mol. The van der Waals surface area contributed by atoms with E-state index in [0.717, 1.165) is 64.2 Å². The van der Waals surface area contributed by atoms with Crippen molar-refractivity contribution in [3.8, 4) is 0 Å². The maximum atomic E-state index is 13.5. The third-order valence-electron chi connectivity index (χ3n) is 14.6. The highest BCUT2D eigenvalue weighted by Crippen LogP contribution is 2.43. The van der Waals surface area contributed by atoms with Crippen LogP contribution in [0, 0.1) is 0 Å². The van der Waals surface area contributed by atoms with Crippen LogP contribution < -0.4 is 5.32 Å². The topological polar surface area (TPSA) is 111 Å². The molecule has 0 fully saturated rings. The second-order valence-electron chi connectivity index (χ2n) is 23.3. The molecule has 0 radical (unpaired) electrons. The van der Waals surface area contributed by atoms with Crippen LogP contribution in [0.5, 0.6) is 0 Å². The summed E-state index contributed by atoms with van der Waals surface area (Å²) in [6, 6.07) is -0.842. The van der Waals surface area contributed by atoms with Crippen LogP contribution in [-0.2, 0) is 27.9 Å². The van der Waals surface area contributed by atoms with Gasteiger partial charge < -0.3 is 19.4 Å². The molecular weight excluding hydrogens is 952 g/mol. The number of nitrogens with one attached hydrogen (secondary N) is 1. The number of ether oxygens (including phenoxy) is 1. The number of amides is 1. The first-order valence-corrected chi connectivity index (χ1v) is 33.8. The van der Waals surface area contributed by atoms with Crippen LogP contribution in [0.1, 0.15) is 316 Å². The first-order chi connectivity index (χ1) is 36.4. The summed E-state index contributed by atoms with van der Waals surface area (Å²) in [5, 5.41) is 3.06. The van der Waals surface area contributed by atoms with E-state index in [1.165, 1.54) is 218 Å². The predicted molar refractivity (Wildman–Crippen MR) is 323 cm³/mol. The number of phosphoric acid groups is 1. The number of carbonyl (C=O) groups excluding carboxylic acids is 2. The molecule has 9 nitrogen and oxygen atoms in total. The number of nitrogens with zero attached hydrogens (tertiary/aromatic N) is 1. The SMILES string of the molecule is CCCCC/C=C\C/C=C\CCCCCCCCCCCCCCCCCC(=O)OC(/C=C\CCCCCCCCCCCCC)C(COP(=O)(O)OCC[N+](C)(C)C)NC(=O)CCCCCCCCCCCCC. The van der Waals surface area contributed by atoms with E-state index in [9.17, 15) is 19.0 Å². The number of allylic oxidation sites excluding steroid dienone is 5. The number of likely N-dealkylation sites (N-methyl/N-ethyl adjacent to an activating group) is 1. The highest BCUT2D eigenvalue weighted by Gasteiger charge is 2.30. The lowest BCUT2D eigenvalue weighted by Crippen LogP contribution is -2.47. The lowest BCUT2D eigenvalue weighted by Gasteiger charge is -2.27. The van der Waals surface area contributed by atoms with E-state index in [1.54, 1.807) is 0 Å². The maximum absolute atomic E-state index is 13.5. The van der Waals surface area contributed by atoms with Crippen molar-refractivity contribution in [2.24, 2.45) is 0 Å². The van der Waals surface area contributed by atoms with Gasteiger partial charge in [-0.3, -0.25) is 18.6 Å². The standard InChI is InChI=1S/C65H125N2O7P/c1-7-10-13-16-19-22-25-27-28-29-30-31-32-33-34-35-36-37-38-40-43-46-49-52-55-58-65(69)74-63(56-53-50-47-44-42-39-26-23-20-17-14-11-8-2)62(61-73-75(70,71)72-60-59-67(4,5)6)66-64(68)57-54-51-48-45-41-24-21-18-15-12-9-3/h19,22,27-28,53,56,62-63H,7-18,20-21,23-26,29-52,54-55,57-61H2,1-6H3,(H-,66,68,70,71)/p+1/b22-19-,28-27-,56-53-. The van der Waals surface area contributed by atoms with Crippen LogP contribution in [0.3, 0.4) is 0 Å². The van der Waals surface area contributed by atoms with Crippen LogP contribution >= 0.6 is 7.82 Å². The molecule has 0 heterocycles. The maximum Gasteiger partial charge on any atom is 0.472 e. The quantitative estimate of drug-likeness (QED) is 0.0205. The van der Waals surface area contributed by atoms with Crippen molar-refractivity contribution in [2.45, 2.75) is 328 Å². The highest BCUT2D eigenvalue weighted by atomic mass is 31.2. The summed E-state index contributed by atoms with van der Waals surface area (Å²) in [4.78, 5) is 37.7. The minimum absolute atomic E-state index is 0.0433. The molecule has 3 unspecified atom stereocenters. The van der Waals surface area contributed by atoms with Gasteiger partial charge in [0.05, 0.1) is 33.8 Å². The van der Waals surface area contributed by atoms with Crippen molar-refractivity contribution < 1.29 is 37.3 Å². The molecule has 0 aliphatic heterocycles. The third-order valence-corrected chi connectivity index (χ3v) is 15.6. The summed E-state index contributed by atoms with van der Waals surface area (Å²) in [6.45, 7) is 7.02. The average Bonchev–Trinajstić information content (AvgIpc) is 3.37. The Kier molecular flexibility index (Phi) is 54.2. The molecular formula is C65H126N2O7P+. The molecule has 75 heavy (non-hydrogen) atoms. The molecule has 0 bridgehead atoms. The zero-order chi connectivity index (χ0) is 55.0. The zero-order valence-electron chi connectivity index (χ0n) is 50.6. The van der Waals surface area contributed by atoms with Crippen molar-refractivity contribution in [1.82, 2.24) is 5.32 Å². The fourth-order valence-electron chi connectivity index (χ4n) is 9.56. The molecule has 0 rings (SSSR count). The Morgan fingerprint density at radius 2 is 0.813 bits per heavy atom. The van der Waals surface area contributed by atoms with Gasteiger partial charge in [-0.2, -0.15) is 0 Å². The van der Waals surface area contributed by atoms with Gasteiger partial charge in [0.2, 0.25) is 5.91 Å². The molecule has 0 aromatic carbocycles. The largest absolute Gasteiger partial charge is 0.472 e. The number of phosphoric ester groups is 1. The fraction of sp³-hybridized carbons (Fsp3) is 0.877. The van der Waals surface area contributed by atoms with E-state index in [2.05, 4.69) is 50.4 Å². The Morgan fingerprint density at radius 3 is 1.23 bits per heavy atom. The molecule has 0 aliphatic carbocycles. The normalized spacial score (nSPS) is 13.9. The minimum Gasteiger partial charge on any atom is -0.456 e. The Bertz CT molecular complexity index is 1380. The molecule has 0 aliphatic rings. The molecule has 0 aromatic rings. The van der Waals surface area contributed by atoms with Gasteiger partial charge in [-0.05, 0) is 63.9 Å². The van der Waals surface area contributed by atoms with Crippen molar-refractivity contribution in [1.29, 1.82) is 0 Å². The molecule has 0 saturated carbocycles. The van der Waals surface area contributed by atoms with Gasteiger partial charge in [-0.15, -0.1) is 0 Å². The van der Waals surface area contributed by atoms with Gasteiger partial charge in [0.1, 0.15) is 19.3 Å². The predicted octanol–water partition coefficient (Wildman–Crippen LogP) is 19.9. The van der Waals surface area contributed by atoms with Crippen molar-refractivity contribution in [2.75, 3.05) is 40.9 Å². The summed E-state index contributed by atoms with van der Waals surface area (Å²) in [7, 11) is 1.51. The minimum atomic E-state index is -4.44. The van der Waals surface area contributed by atoms with Gasteiger partial charge in [0, 0.05) is 12.8 Å².